The second kappa shape index (κ2) is 5.41. The van der Waals surface area contributed by atoms with Crippen LogP contribution in [0.15, 0.2) is 0 Å². The Labute approximate surface area is 115 Å². The third kappa shape index (κ3) is 2.42. The second-order valence-electron chi connectivity index (χ2n) is 5.88. The maximum Gasteiger partial charge on any atom is 0.244 e. The van der Waals surface area contributed by atoms with Gasteiger partial charge in [0, 0.05) is 11.3 Å². The summed E-state index contributed by atoms with van der Waals surface area (Å²) in [6, 6.07) is 0.455. The highest BCUT2D eigenvalue weighted by Crippen LogP contribution is 2.34. The Balaban J connectivity index is 2.03. The van der Waals surface area contributed by atoms with Crippen LogP contribution in [0, 0.1) is 0 Å². The van der Waals surface area contributed by atoms with Crippen molar-refractivity contribution < 1.29 is 4.79 Å². The van der Waals surface area contributed by atoms with Crippen molar-refractivity contribution in [3.63, 3.8) is 0 Å². The lowest BCUT2D eigenvalue weighted by Crippen LogP contribution is -2.46. The molecule has 0 aromatic carbocycles. The predicted octanol–water partition coefficient (Wildman–Crippen LogP) is 2.61. The van der Waals surface area contributed by atoms with Crippen LogP contribution in [0.1, 0.15) is 52.9 Å². The summed E-state index contributed by atoms with van der Waals surface area (Å²) < 4.78 is 0. The summed E-state index contributed by atoms with van der Waals surface area (Å²) >= 11 is 1.98. The van der Waals surface area contributed by atoms with E-state index in [0.29, 0.717) is 11.9 Å². The average molecular weight is 270 g/mol. The minimum atomic E-state index is -0.338. The number of thioether (sulfide) groups is 1. The van der Waals surface area contributed by atoms with Crippen molar-refractivity contribution in [2.24, 2.45) is 0 Å². The Morgan fingerprint density at radius 3 is 2.44 bits per heavy atom. The Morgan fingerprint density at radius 1 is 1.39 bits per heavy atom. The van der Waals surface area contributed by atoms with E-state index in [1.54, 1.807) is 0 Å². The highest BCUT2D eigenvalue weighted by atomic mass is 32.2. The van der Waals surface area contributed by atoms with Crippen LogP contribution in [0.2, 0.25) is 0 Å². The van der Waals surface area contributed by atoms with Crippen LogP contribution in [0.4, 0.5) is 0 Å². The minimum absolute atomic E-state index is 0.193. The van der Waals surface area contributed by atoms with E-state index in [9.17, 15) is 4.79 Å². The fourth-order valence-corrected chi connectivity index (χ4v) is 4.09. The highest BCUT2D eigenvalue weighted by molar-refractivity contribution is 7.99. The summed E-state index contributed by atoms with van der Waals surface area (Å²) in [4.78, 5) is 14.7. The summed E-state index contributed by atoms with van der Waals surface area (Å²) in [6.07, 6.45) is 8.11. The number of hydrogen-bond acceptors (Lipinski definition) is 3. The molecular formula is C14H26N2OS. The zero-order chi connectivity index (χ0) is 13.3. The third-order valence-electron chi connectivity index (χ3n) is 4.73. The Kier molecular flexibility index (Phi) is 4.27. The zero-order valence-corrected chi connectivity index (χ0v) is 12.8. The number of nitrogens with one attached hydrogen (secondary N) is 1. The van der Waals surface area contributed by atoms with Gasteiger partial charge < -0.3 is 4.90 Å². The fourth-order valence-electron chi connectivity index (χ4n) is 3.35. The van der Waals surface area contributed by atoms with E-state index >= 15 is 0 Å². The fraction of sp³-hybridized carbons (Fsp3) is 0.929. The molecule has 2 fully saturated rings. The van der Waals surface area contributed by atoms with Crippen molar-refractivity contribution in [1.29, 1.82) is 0 Å². The smallest absolute Gasteiger partial charge is 0.244 e. The number of rotatable bonds is 3. The van der Waals surface area contributed by atoms with Gasteiger partial charge in [-0.2, -0.15) is 11.8 Å². The van der Waals surface area contributed by atoms with Crippen molar-refractivity contribution in [3.05, 3.63) is 0 Å². The molecule has 3 nitrogen and oxygen atoms in total. The van der Waals surface area contributed by atoms with E-state index in [2.05, 4.69) is 30.3 Å². The molecule has 0 bridgehead atoms. The Bertz CT molecular complexity index is 315. The highest BCUT2D eigenvalue weighted by Gasteiger charge is 2.47. The number of hydrogen-bond donors (Lipinski definition) is 1. The van der Waals surface area contributed by atoms with Crippen molar-refractivity contribution in [3.8, 4) is 0 Å². The maximum atomic E-state index is 12.6. The zero-order valence-electron chi connectivity index (χ0n) is 12.0. The number of carbonyl (C=O) groups excluding carboxylic acids is 1. The summed E-state index contributed by atoms with van der Waals surface area (Å²) in [7, 11) is 0. The molecule has 1 aliphatic carbocycles. The molecule has 0 aromatic rings. The van der Waals surface area contributed by atoms with Crippen molar-refractivity contribution >= 4 is 17.7 Å². The molecule has 2 atom stereocenters. The van der Waals surface area contributed by atoms with Crippen molar-refractivity contribution in [1.82, 2.24) is 10.2 Å². The van der Waals surface area contributed by atoms with Gasteiger partial charge in [-0.1, -0.05) is 6.92 Å². The molecule has 2 rings (SSSR count). The summed E-state index contributed by atoms with van der Waals surface area (Å²) in [5.74, 6) is 0.310. The first-order chi connectivity index (χ1) is 8.51. The summed E-state index contributed by atoms with van der Waals surface area (Å²) in [6.45, 7) is 6.25. The van der Waals surface area contributed by atoms with E-state index < -0.39 is 0 Å². The van der Waals surface area contributed by atoms with Crippen LogP contribution in [0.3, 0.4) is 0 Å². The molecule has 0 aromatic heterocycles. The summed E-state index contributed by atoms with van der Waals surface area (Å²) in [5.41, 5.74) is -0.338. The van der Waals surface area contributed by atoms with Crippen LogP contribution < -0.4 is 5.32 Å². The molecule has 0 radical (unpaired) electrons. The topological polar surface area (TPSA) is 32.3 Å². The monoisotopic (exact) mass is 270 g/mol. The van der Waals surface area contributed by atoms with E-state index in [1.165, 1.54) is 25.7 Å². The molecule has 104 valence electrons. The van der Waals surface area contributed by atoms with Crippen LogP contribution in [0.25, 0.3) is 0 Å². The normalized spacial score (nSPS) is 41.4. The number of amides is 1. The lowest BCUT2D eigenvalue weighted by atomic mass is 9.92. The summed E-state index contributed by atoms with van der Waals surface area (Å²) in [5, 5.41) is 4.28. The van der Waals surface area contributed by atoms with Gasteiger partial charge >= 0.3 is 0 Å². The molecule has 1 saturated heterocycles. The Hall–Kier alpha value is -0.220. The molecule has 2 aliphatic rings. The van der Waals surface area contributed by atoms with Gasteiger partial charge in [0.1, 0.15) is 0 Å². The van der Waals surface area contributed by atoms with Crippen LogP contribution in [-0.2, 0) is 4.79 Å². The Morgan fingerprint density at radius 2 is 2.00 bits per heavy atom. The van der Waals surface area contributed by atoms with Gasteiger partial charge in [-0.3, -0.25) is 10.1 Å². The van der Waals surface area contributed by atoms with Crippen LogP contribution >= 0.6 is 11.8 Å². The first kappa shape index (κ1) is 14.2. The molecule has 1 amide bonds. The maximum absolute atomic E-state index is 12.6. The minimum Gasteiger partial charge on any atom is -0.323 e. The molecular weight excluding hydrogens is 244 g/mol. The first-order valence-corrected chi connectivity index (χ1v) is 8.44. The second-order valence-corrected chi connectivity index (χ2v) is 7.02. The lowest BCUT2D eigenvalue weighted by Gasteiger charge is -2.36. The molecule has 1 saturated carbocycles. The van der Waals surface area contributed by atoms with Gasteiger partial charge in [0.15, 0.2) is 0 Å². The van der Waals surface area contributed by atoms with Crippen molar-refractivity contribution in [2.45, 2.75) is 75.9 Å². The van der Waals surface area contributed by atoms with Gasteiger partial charge in [-0.15, -0.1) is 0 Å². The predicted molar refractivity (Wildman–Crippen MR) is 77.7 cm³/mol. The van der Waals surface area contributed by atoms with E-state index in [1.807, 2.05) is 18.7 Å². The first-order valence-electron chi connectivity index (χ1n) is 7.15. The van der Waals surface area contributed by atoms with Gasteiger partial charge in [0.25, 0.3) is 0 Å². The largest absolute Gasteiger partial charge is 0.323 e. The molecule has 1 aliphatic heterocycles. The molecule has 0 spiro atoms. The number of nitrogens with zero attached hydrogens (tertiary/aromatic N) is 1. The molecule has 2 unspecified atom stereocenters. The van der Waals surface area contributed by atoms with E-state index in [-0.39, 0.29) is 11.7 Å². The van der Waals surface area contributed by atoms with Crippen LogP contribution in [-0.4, -0.2) is 40.1 Å². The van der Waals surface area contributed by atoms with Gasteiger partial charge in [0.05, 0.1) is 11.7 Å². The molecule has 1 heterocycles. The average Bonchev–Trinajstić information content (AvgIpc) is 2.61. The van der Waals surface area contributed by atoms with Gasteiger partial charge in [-0.05, 0) is 52.2 Å². The van der Waals surface area contributed by atoms with Gasteiger partial charge in [0.2, 0.25) is 5.91 Å². The molecule has 4 heteroatoms. The van der Waals surface area contributed by atoms with E-state index in [0.717, 1.165) is 11.7 Å². The van der Waals surface area contributed by atoms with E-state index in [4.69, 9.17) is 0 Å². The number of carbonyl (C=O) groups is 1. The van der Waals surface area contributed by atoms with Crippen molar-refractivity contribution in [2.75, 3.05) is 6.26 Å². The van der Waals surface area contributed by atoms with Gasteiger partial charge in [-0.25, -0.2) is 0 Å². The quantitative estimate of drug-likeness (QED) is 0.855. The molecule has 18 heavy (non-hydrogen) atoms. The standard InChI is InChI=1S/C14H26N2OS/c1-5-14(3)13(17)16(10(2)15-14)11-6-8-12(18-4)9-7-11/h10-12,15H,5-9H2,1-4H3. The van der Waals surface area contributed by atoms with Crippen LogP contribution in [0.5, 0.6) is 0 Å². The third-order valence-corrected chi connectivity index (χ3v) is 5.87. The lowest BCUT2D eigenvalue weighted by molar-refractivity contribution is -0.135. The SMILES string of the molecule is CCC1(C)NC(C)N(C2CCC(SC)CC2)C1=O. The molecule has 1 N–H and O–H groups in total.